The molecule has 27 valence electrons. The minimum absolute atomic E-state index is 0. The summed E-state index contributed by atoms with van der Waals surface area (Å²) in [4.78, 5) is 0. The van der Waals surface area contributed by atoms with E-state index in [-0.39, 0.29) is 49.9 Å². The van der Waals surface area contributed by atoms with Crippen molar-refractivity contribution in [3.8, 4) is 0 Å². The molecule has 0 aromatic carbocycles. The van der Waals surface area contributed by atoms with Gasteiger partial charge in [0.15, 0.2) is 0 Å². The van der Waals surface area contributed by atoms with Gasteiger partial charge in [0, 0.05) is 0 Å². The fourth-order valence-electron chi connectivity index (χ4n) is 0. The van der Waals surface area contributed by atoms with E-state index in [1.54, 1.807) is 0 Å². The van der Waals surface area contributed by atoms with Gasteiger partial charge in [0.1, 0.15) is 0 Å². The third-order valence-corrected chi connectivity index (χ3v) is 0. The van der Waals surface area contributed by atoms with Gasteiger partial charge >= 0.3 is 26.2 Å². The first-order valence-corrected chi connectivity index (χ1v) is 0. The zero-order valence-corrected chi connectivity index (χ0v) is 5.96. The second-order valence-electron chi connectivity index (χ2n) is 0. The van der Waals surface area contributed by atoms with Gasteiger partial charge in [-0.2, -0.15) is 0 Å². The molecule has 0 amide bonds. The van der Waals surface area contributed by atoms with E-state index in [2.05, 4.69) is 0 Å². The summed E-state index contributed by atoms with van der Waals surface area (Å²) >= 11 is 0. The maximum Gasteiger partial charge on any atom is 3.00 e. The first-order valence-electron chi connectivity index (χ1n) is 0. The molecule has 0 bridgehead atoms. The molecular weight excluding hydrogens is 127 g/mol. The zero-order valence-electron chi connectivity index (χ0n) is 4.50. The predicted octanol–water partition coefficient (Wildman–Crippen LogP) is 1.46. The van der Waals surface area contributed by atoms with Crippen LogP contribution in [-0.4, -0.2) is 0 Å². The Balaban J connectivity index is 0. The van der Waals surface area contributed by atoms with Crippen LogP contribution in [0.15, 0.2) is 0 Å². The van der Waals surface area contributed by atoms with Crippen LogP contribution in [0.3, 0.4) is 0 Å². The van der Waals surface area contributed by atoms with E-state index in [4.69, 9.17) is 0 Å². The fourth-order valence-corrected chi connectivity index (χ4v) is 0. The van der Waals surface area contributed by atoms with Gasteiger partial charge in [-0.25, -0.2) is 0 Å². The SMILES string of the molecule is [CH3-].[CH3-].[CH3-].[H-].[Zr+3]. The van der Waals surface area contributed by atoms with Crippen molar-refractivity contribution in [3.05, 3.63) is 22.3 Å². The summed E-state index contributed by atoms with van der Waals surface area (Å²) in [5.41, 5.74) is 0. The van der Waals surface area contributed by atoms with E-state index in [1.165, 1.54) is 0 Å². The Kier molecular flexibility index (Phi) is 977. The minimum atomic E-state index is 0. The van der Waals surface area contributed by atoms with Crippen LogP contribution >= 0.6 is 0 Å². The van der Waals surface area contributed by atoms with Crippen molar-refractivity contribution in [2.24, 2.45) is 0 Å². The third kappa shape index (κ3) is 13.1. The molecule has 0 saturated carbocycles. The van der Waals surface area contributed by atoms with E-state index in [9.17, 15) is 0 Å². The Morgan fingerprint density at radius 2 is 0.750 bits per heavy atom. The topological polar surface area (TPSA) is 0 Å². The summed E-state index contributed by atoms with van der Waals surface area (Å²) in [6, 6.07) is 0. The van der Waals surface area contributed by atoms with Crippen molar-refractivity contribution in [1.82, 2.24) is 0 Å². The van der Waals surface area contributed by atoms with E-state index < -0.39 is 0 Å². The van der Waals surface area contributed by atoms with Crippen molar-refractivity contribution in [2.45, 2.75) is 0 Å². The van der Waals surface area contributed by atoms with Crippen LogP contribution < -0.4 is 0 Å². The Morgan fingerprint density at radius 3 is 0.750 bits per heavy atom. The maximum atomic E-state index is 0. The summed E-state index contributed by atoms with van der Waals surface area (Å²) in [6.45, 7) is 0. The maximum absolute atomic E-state index is 0. The van der Waals surface area contributed by atoms with Crippen LogP contribution in [0.25, 0.3) is 0 Å². The number of rotatable bonds is 0. The quantitative estimate of drug-likeness (QED) is 0.443. The predicted molar refractivity (Wildman–Crippen MR) is 20.4 cm³/mol. The molecule has 0 unspecified atom stereocenters. The first-order chi connectivity index (χ1) is 0. The zero-order chi connectivity index (χ0) is 0. The molecule has 0 N–H and O–H groups in total. The van der Waals surface area contributed by atoms with Crippen LogP contribution in [0.5, 0.6) is 0 Å². The summed E-state index contributed by atoms with van der Waals surface area (Å²) in [5, 5.41) is 0. The van der Waals surface area contributed by atoms with Gasteiger partial charge in [-0.05, 0) is 0 Å². The average Bonchev–Trinajstić information content (AvgIpc) is 0. The van der Waals surface area contributed by atoms with E-state index in [0.29, 0.717) is 0 Å². The molecule has 0 aliphatic rings. The molecule has 0 aliphatic carbocycles. The molecular formula is C3H10Zr-. The average molecular weight is 137 g/mol. The molecule has 0 aromatic heterocycles. The molecule has 0 heterocycles. The van der Waals surface area contributed by atoms with Crippen molar-refractivity contribution >= 4 is 0 Å². The van der Waals surface area contributed by atoms with Crippen molar-refractivity contribution < 1.29 is 27.6 Å². The Hall–Kier alpha value is 0.883. The van der Waals surface area contributed by atoms with Gasteiger partial charge in [-0.1, -0.05) is 0 Å². The smallest absolute Gasteiger partial charge is 1.00 e. The van der Waals surface area contributed by atoms with Crippen LogP contribution in [0, 0.1) is 22.3 Å². The van der Waals surface area contributed by atoms with Gasteiger partial charge < -0.3 is 23.7 Å². The number of hydrogen-bond donors (Lipinski definition) is 0. The first kappa shape index (κ1) is 94.4. The molecule has 0 saturated heterocycles. The molecule has 0 nitrogen and oxygen atoms in total. The molecule has 0 atom stereocenters. The Bertz CT molecular complexity index is 6.85. The Morgan fingerprint density at radius 1 is 0.750 bits per heavy atom. The second kappa shape index (κ2) is 41.4. The van der Waals surface area contributed by atoms with Crippen LogP contribution in [-0.2, 0) is 26.2 Å². The summed E-state index contributed by atoms with van der Waals surface area (Å²) in [7, 11) is 0. The fraction of sp³-hybridized carbons (Fsp3) is 0. The molecule has 1 heteroatoms. The molecule has 0 rings (SSSR count). The van der Waals surface area contributed by atoms with Crippen LogP contribution in [0.1, 0.15) is 1.43 Å². The van der Waals surface area contributed by atoms with Crippen molar-refractivity contribution in [1.29, 1.82) is 0 Å². The minimum Gasteiger partial charge on any atom is -1.00 e. The summed E-state index contributed by atoms with van der Waals surface area (Å²) in [5.74, 6) is 0. The monoisotopic (exact) mass is 136 g/mol. The van der Waals surface area contributed by atoms with E-state index in [1.807, 2.05) is 0 Å². The molecule has 0 aliphatic heterocycles. The van der Waals surface area contributed by atoms with Crippen molar-refractivity contribution in [2.75, 3.05) is 0 Å². The Labute approximate surface area is 50.2 Å². The van der Waals surface area contributed by atoms with Crippen molar-refractivity contribution in [3.63, 3.8) is 0 Å². The molecule has 1 radical (unpaired) electrons. The normalized spacial score (nSPS) is 0. The molecule has 0 spiro atoms. The summed E-state index contributed by atoms with van der Waals surface area (Å²) < 4.78 is 0. The summed E-state index contributed by atoms with van der Waals surface area (Å²) in [6.07, 6.45) is 0. The largest absolute Gasteiger partial charge is 3.00 e. The second-order valence-corrected chi connectivity index (χ2v) is 0. The van der Waals surface area contributed by atoms with E-state index >= 15 is 0 Å². The van der Waals surface area contributed by atoms with Crippen LogP contribution in [0.2, 0.25) is 0 Å². The van der Waals surface area contributed by atoms with Gasteiger partial charge in [-0.3, -0.25) is 0 Å². The number of hydrogen-bond acceptors (Lipinski definition) is 0. The molecule has 0 aromatic rings. The van der Waals surface area contributed by atoms with E-state index in [0.717, 1.165) is 0 Å². The van der Waals surface area contributed by atoms with Gasteiger partial charge in [0.05, 0.1) is 0 Å². The third-order valence-electron chi connectivity index (χ3n) is 0. The van der Waals surface area contributed by atoms with Gasteiger partial charge in [0.2, 0.25) is 0 Å². The van der Waals surface area contributed by atoms with Gasteiger partial charge in [0.25, 0.3) is 0 Å². The van der Waals surface area contributed by atoms with Crippen LogP contribution in [0.4, 0.5) is 0 Å². The van der Waals surface area contributed by atoms with Gasteiger partial charge in [-0.15, -0.1) is 0 Å². The standard InChI is InChI=1S/3CH3.Zr.H/h3*1H3;;/q3*-1;+3;-1. The molecule has 4 heavy (non-hydrogen) atoms. The molecule has 0 fully saturated rings.